The zero-order chi connectivity index (χ0) is 11.8. The van der Waals surface area contributed by atoms with E-state index in [0.717, 1.165) is 10.0 Å². The normalized spacial score (nSPS) is 24.7. The average Bonchev–Trinajstić information content (AvgIpc) is 2.56. The Morgan fingerprint density at radius 2 is 2.31 bits per heavy atom. The number of nitrogens with zero attached hydrogens (tertiary/aromatic N) is 1. The Balaban J connectivity index is 2.42. The predicted octanol–water partition coefficient (Wildman–Crippen LogP) is 1.27. The van der Waals surface area contributed by atoms with Gasteiger partial charge in [0.15, 0.2) is 5.11 Å². The fourth-order valence-corrected chi connectivity index (χ4v) is 2.44. The first-order valence-corrected chi connectivity index (χ1v) is 6.11. The third kappa shape index (κ3) is 1.82. The van der Waals surface area contributed by atoms with Crippen molar-refractivity contribution in [3.8, 4) is 0 Å². The molecule has 1 saturated heterocycles. The van der Waals surface area contributed by atoms with E-state index in [-0.39, 0.29) is 0 Å². The number of nitrogens with one attached hydrogen (secondary N) is 2. The zero-order valence-electron chi connectivity index (χ0n) is 8.70. The van der Waals surface area contributed by atoms with E-state index in [0.29, 0.717) is 11.7 Å². The van der Waals surface area contributed by atoms with Crippen LogP contribution in [0.1, 0.15) is 12.5 Å². The van der Waals surface area contributed by atoms with Gasteiger partial charge in [-0.15, -0.1) is 0 Å². The highest BCUT2D eigenvalue weighted by atomic mass is 79.9. The minimum absolute atomic E-state index is 0.491. The average molecular weight is 302 g/mol. The molecule has 0 aliphatic carbocycles. The Morgan fingerprint density at radius 3 is 2.94 bits per heavy atom. The largest absolute Gasteiger partial charge is 0.353 e. The highest BCUT2D eigenvalue weighted by molar-refractivity contribution is 9.10. The summed E-state index contributed by atoms with van der Waals surface area (Å²) in [4.78, 5) is 1.68. The van der Waals surface area contributed by atoms with Crippen LogP contribution in [-0.4, -0.2) is 21.7 Å². The van der Waals surface area contributed by atoms with Gasteiger partial charge in [0, 0.05) is 16.6 Å². The molecule has 6 heteroatoms. The van der Waals surface area contributed by atoms with Crippen molar-refractivity contribution in [2.75, 3.05) is 6.54 Å². The molecule has 1 fully saturated rings. The van der Waals surface area contributed by atoms with Crippen molar-refractivity contribution in [2.24, 2.45) is 0 Å². The smallest absolute Gasteiger partial charge is 0.241 e. The highest BCUT2D eigenvalue weighted by Gasteiger charge is 2.42. The fraction of sp³-hybridized carbons (Fsp3) is 0.300. The van der Waals surface area contributed by atoms with Gasteiger partial charge >= 0.3 is 0 Å². The summed E-state index contributed by atoms with van der Waals surface area (Å²) in [6.45, 7) is 2.55. The Hall–Kier alpha value is -0.690. The molecular weight excluding hydrogens is 290 g/mol. The van der Waals surface area contributed by atoms with Gasteiger partial charge in [0.2, 0.25) is 5.85 Å². The van der Waals surface area contributed by atoms with Gasteiger partial charge in [0.25, 0.3) is 0 Å². The fourth-order valence-electron chi connectivity index (χ4n) is 1.73. The van der Waals surface area contributed by atoms with Crippen LogP contribution in [0, 0.1) is 0 Å². The first-order chi connectivity index (χ1) is 7.58. The van der Waals surface area contributed by atoms with E-state index in [4.69, 9.17) is 12.2 Å². The van der Waals surface area contributed by atoms with E-state index in [1.807, 2.05) is 31.2 Å². The Bertz CT molecular complexity index is 428. The van der Waals surface area contributed by atoms with E-state index < -0.39 is 5.85 Å². The van der Waals surface area contributed by atoms with E-state index in [9.17, 15) is 5.11 Å². The molecule has 0 spiro atoms. The molecule has 1 heterocycles. The maximum Gasteiger partial charge on any atom is 0.241 e. The standard InChI is InChI=1S/C10H12BrN3OS/c1-2-14-9(16)12-13-10(14,15)7-4-3-5-8(11)6-7/h3-6,13,15H,2H2,1H3,(H,12,16)/t10-/m1/s1. The first-order valence-electron chi connectivity index (χ1n) is 4.91. The van der Waals surface area contributed by atoms with Crippen LogP contribution in [0.3, 0.4) is 0 Å². The molecule has 0 aromatic heterocycles. The first kappa shape index (κ1) is 11.8. The minimum Gasteiger partial charge on any atom is -0.353 e. The maximum absolute atomic E-state index is 10.6. The minimum atomic E-state index is -1.28. The van der Waals surface area contributed by atoms with Crippen LogP contribution >= 0.6 is 28.1 Å². The van der Waals surface area contributed by atoms with Crippen molar-refractivity contribution in [3.05, 3.63) is 34.3 Å². The third-order valence-electron chi connectivity index (χ3n) is 2.52. The number of rotatable bonds is 2. The lowest BCUT2D eigenvalue weighted by Crippen LogP contribution is -2.49. The van der Waals surface area contributed by atoms with Gasteiger partial charge in [-0.1, -0.05) is 28.1 Å². The molecule has 4 nitrogen and oxygen atoms in total. The van der Waals surface area contributed by atoms with Gasteiger partial charge in [-0.3, -0.25) is 5.43 Å². The van der Waals surface area contributed by atoms with Crippen LogP contribution < -0.4 is 10.9 Å². The van der Waals surface area contributed by atoms with E-state index in [2.05, 4.69) is 26.8 Å². The van der Waals surface area contributed by atoms with Gasteiger partial charge < -0.3 is 10.0 Å². The molecule has 1 aromatic carbocycles. The Morgan fingerprint density at radius 1 is 1.56 bits per heavy atom. The molecule has 16 heavy (non-hydrogen) atoms. The zero-order valence-corrected chi connectivity index (χ0v) is 11.1. The third-order valence-corrected chi connectivity index (χ3v) is 3.34. The number of aliphatic hydroxyl groups is 1. The number of benzene rings is 1. The van der Waals surface area contributed by atoms with Crippen LogP contribution in [0.25, 0.3) is 0 Å². The van der Waals surface area contributed by atoms with Crippen molar-refractivity contribution in [3.63, 3.8) is 0 Å². The van der Waals surface area contributed by atoms with Crippen molar-refractivity contribution in [2.45, 2.75) is 12.8 Å². The van der Waals surface area contributed by atoms with Gasteiger partial charge in [-0.05, 0) is 31.3 Å². The van der Waals surface area contributed by atoms with Crippen LogP contribution in [0.5, 0.6) is 0 Å². The summed E-state index contributed by atoms with van der Waals surface area (Å²) in [5, 5.41) is 11.1. The SMILES string of the molecule is CCN1C(=S)NN[C@]1(O)c1cccc(Br)c1. The second-order valence-electron chi connectivity index (χ2n) is 3.48. The van der Waals surface area contributed by atoms with E-state index in [1.54, 1.807) is 4.90 Å². The molecule has 0 unspecified atom stereocenters. The molecule has 0 amide bonds. The Kier molecular flexibility index (Phi) is 3.16. The summed E-state index contributed by atoms with van der Waals surface area (Å²) in [5.41, 5.74) is 6.30. The predicted molar refractivity (Wildman–Crippen MR) is 69.3 cm³/mol. The van der Waals surface area contributed by atoms with Gasteiger partial charge in [0.1, 0.15) is 0 Å². The second kappa shape index (κ2) is 4.29. The molecule has 0 bridgehead atoms. The molecular formula is C10H12BrN3OS. The number of hydrogen-bond acceptors (Lipinski definition) is 3. The quantitative estimate of drug-likeness (QED) is 0.718. The van der Waals surface area contributed by atoms with Crippen LogP contribution in [0.4, 0.5) is 0 Å². The molecule has 3 N–H and O–H groups in total. The summed E-state index contributed by atoms with van der Waals surface area (Å²) >= 11 is 8.48. The van der Waals surface area contributed by atoms with Crippen LogP contribution in [0.15, 0.2) is 28.7 Å². The molecule has 1 atom stereocenters. The number of hydrazine groups is 1. The Labute approximate surface area is 108 Å². The van der Waals surface area contributed by atoms with E-state index >= 15 is 0 Å². The summed E-state index contributed by atoms with van der Waals surface area (Å²) in [7, 11) is 0. The monoisotopic (exact) mass is 301 g/mol. The highest BCUT2D eigenvalue weighted by Crippen LogP contribution is 2.27. The molecule has 86 valence electrons. The van der Waals surface area contributed by atoms with Crippen molar-refractivity contribution < 1.29 is 5.11 Å². The van der Waals surface area contributed by atoms with E-state index in [1.165, 1.54) is 0 Å². The summed E-state index contributed by atoms with van der Waals surface area (Å²) < 4.78 is 0.911. The summed E-state index contributed by atoms with van der Waals surface area (Å²) in [6, 6.07) is 7.47. The topological polar surface area (TPSA) is 47.5 Å². The molecule has 1 aromatic rings. The summed E-state index contributed by atoms with van der Waals surface area (Å²) in [6.07, 6.45) is 0. The lowest BCUT2D eigenvalue weighted by molar-refractivity contribution is -0.0867. The van der Waals surface area contributed by atoms with Crippen LogP contribution in [0.2, 0.25) is 0 Å². The van der Waals surface area contributed by atoms with Gasteiger partial charge in [0.05, 0.1) is 0 Å². The van der Waals surface area contributed by atoms with Gasteiger partial charge in [-0.25, -0.2) is 0 Å². The summed E-state index contributed by atoms with van der Waals surface area (Å²) in [5.74, 6) is -1.28. The van der Waals surface area contributed by atoms with Crippen molar-refractivity contribution >= 4 is 33.3 Å². The number of thiocarbonyl (C=S) groups is 1. The maximum atomic E-state index is 10.6. The molecule has 1 aliphatic rings. The molecule has 2 rings (SSSR count). The lowest BCUT2D eigenvalue weighted by Gasteiger charge is -2.31. The van der Waals surface area contributed by atoms with Crippen LogP contribution in [-0.2, 0) is 5.85 Å². The lowest BCUT2D eigenvalue weighted by atomic mass is 10.1. The molecule has 1 aliphatic heterocycles. The van der Waals surface area contributed by atoms with Crippen molar-refractivity contribution in [1.29, 1.82) is 0 Å². The second-order valence-corrected chi connectivity index (χ2v) is 4.78. The number of hydrogen-bond donors (Lipinski definition) is 3. The molecule has 0 radical (unpaired) electrons. The number of halogens is 1. The van der Waals surface area contributed by atoms with Gasteiger partial charge in [-0.2, -0.15) is 5.43 Å². The molecule has 0 saturated carbocycles. The van der Waals surface area contributed by atoms with Crippen molar-refractivity contribution in [1.82, 2.24) is 15.8 Å².